The van der Waals surface area contributed by atoms with Crippen LogP contribution < -0.4 is 0 Å². The van der Waals surface area contributed by atoms with Gasteiger partial charge in [-0.15, -0.1) is 0 Å². The molecule has 0 bridgehead atoms. The zero-order valence-electron chi connectivity index (χ0n) is 7.83. The van der Waals surface area contributed by atoms with Gasteiger partial charge in [0.25, 0.3) is 0 Å². The summed E-state index contributed by atoms with van der Waals surface area (Å²) >= 11 is 3.36. The molecule has 0 aliphatic heterocycles. The number of hydrogen-bond acceptors (Lipinski definition) is 2. The highest BCUT2D eigenvalue weighted by atomic mass is 79.9. The van der Waals surface area contributed by atoms with Gasteiger partial charge in [0.2, 0.25) is 0 Å². The second kappa shape index (κ2) is 3.42. The molecule has 0 unspecified atom stereocenters. The quantitative estimate of drug-likeness (QED) is 0.816. The van der Waals surface area contributed by atoms with Crippen LogP contribution in [0.25, 0.3) is 0 Å². The summed E-state index contributed by atoms with van der Waals surface area (Å²) < 4.78 is 8.24. The Balaban J connectivity index is 2.25. The van der Waals surface area contributed by atoms with E-state index in [1.807, 2.05) is 17.8 Å². The van der Waals surface area contributed by atoms with Crippen LogP contribution in [-0.2, 0) is 11.8 Å². The molecular formula is C9H13BrN2O. The van der Waals surface area contributed by atoms with E-state index in [-0.39, 0.29) is 6.10 Å². The third-order valence-corrected chi connectivity index (χ3v) is 2.87. The Morgan fingerprint density at radius 1 is 1.69 bits per heavy atom. The predicted molar refractivity (Wildman–Crippen MR) is 53.4 cm³/mol. The molecule has 1 aromatic heterocycles. The average Bonchev–Trinajstić information content (AvgIpc) is 2.82. The normalized spacial score (nSPS) is 19.0. The molecule has 0 radical (unpaired) electrons. The van der Waals surface area contributed by atoms with Crippen LogP contribution in [0.4, 0.5) is 0 Å². The Bertz CT molecular complexity index is 307. The summed E-state index contributed by atoms with van der Waals surface area (Å²) in [6.45, 7) is 0. The average molecular weight is 245 g/mol. The van der Waals surface area contributed by atoms with Crippen molar-refractivity contribution in [2.45, 2.75) is 18.9 Å². The van der Waals surface area contributed by atoms with Gasteiger partial charge in [0.1, 0.15) is 10.7 Å². The molecule has 1 aliphatic rings. The van der Waals surface area contributed by atoms with Crippen molar-refractivity contribution in [1.29, 1.82) is 0 Å². The van der Waals surface area contributed by atoms with Gasteiger partial charge < -0.3 is 4.74 Å². The Labute approximate surface area is 86.2 Å². The van der Waals surface area contributed by atoms with E-state index >= 15 is 0 Å². The van der Waals surface area contributed by atoms with Crippen molar-refractivity contribution in [3.05, 3.63) is 16.4 Å². The fraction of sp³-hybridized carbons (Fsp3) is 0.667. The first-order valence-electron chi connectivity index (χ1n) is 4.44. The van der Waals surface area contributed by atoms with E-state index in [4.69, 9.17) is 4.74 Å². The number of hydrogen-bond donors (Lipinski definition) is 0. The van der Waals surface area contributed by atoms with Crippen LogP contribution in [0.2, 0.25) is 0 Å². The summed E-state index contributed by atoms with van der Waals surface area (Å²) in [5.41, 5.74) is 1.16. The standard InChI is InChI=1S/C9H13BrN2O/c1-12-7(5-8(10)11-12)9(13-2)6-3-4-6/h5-6,9H,3-4H2,1-2H3/t9-/m1/s1. The van der Waals surface area contributed by atoms with E-state index in [0.717, 1.165) is 10.3 Å². The molecule has 0 spiro atoms. The number of nitrogens with zero attached hydrogens (tertiary/aromatic N) is 2. The molecule has 2 rings (SSSR count). The van der Waals surface area contributed by atoms with E-state index in [1.165, 1.54) is 12.8 Å². The minimum absolute atomic E-state index is 0.226. The van der Waals surface area contributed by atoms with Gasteiger partial charge in [0, 0.05) is 14.2 Å². The lowest BCUT2D eigenvalue weighted by atomic mass is 10.1. The molecule has 13 heavy (non-hydrogen) atoms. The van der Waals surface area contributed by atoms with E-state index in [0.29, 0.717) is 5.92 Å². The smallest absolute Gasteiger partial charge is 0.128 e. The lowest BCUT2D eigenvalue weighted by Crippen LogP contribution is -2.09. The van der Waals surface area contributed by atoms with Crippen LogP contribution in [-0.4, -0.2) is 16.9 Å². The highest BCUT2D eigenvalue weighted by Gasteiger charge is 2.34. The van der Waals surface area contributed by atoms with Crippen LogP contribution in [0.1, 0.15) is 24.6 Å². The molecule has 0 amide bonds. The molecule has 1 aliphatic carbocycles. The molecular weight excluding hydrogens is 232 g/mol. The second-order valence-corrected chi connectivity index (χ2v) is 4.32. The van der Waals surface area contributed by atoms with E-state index in [2.05, 4.69) is 21.0 Å². The van der Waals surface area contributed by atoms with E-state index < -0.39 is 0 Å². The number of rotatable bonds is 3. The summed E-state index contributed by atoms with van der Waals surface area (Å²) in [4.78, 5) is 0. The molecule has 1 saturated carbocycles. The maximum absolute atomic E-state index is 5.47. The van der Waals surface area contributed by atoms with E-state index in [1.54, 1.807) is 7.11 Å². The third-order valence-electron chi connectivity index (χ3n) is 2.48. The van der Waals surface area contributed by atoms with Crippen molar-refractivity contribution < 1.29 is 4.74 Å². The minimum Gasteiger partial charge on any atom is -0.375 e. The maximum atomic E-state index is 5.47. The molecule has 1 atom stereocenters. The summed E-state index contributed by atoms with van der Waals surface area (Å²) in [5, 5.41) is 4.24. The molecule has 4 heteroatoms. The van der Waals surface area contributed by atoms with Gasteiger partial charge in [-0.3, -0.25) is 4.68 Å². The van der Waals surface area contributed by atoms with Crippen LogP contribution in [0.3, 0.4) is 0 Å². The summed E-state index contributed by atoms with van der Waals surface area (Å²) in [7, 11) is 3.72. The largest absolute Gasteiger partial charge is 0.375 e. The molecule has 0 aromatic carbocycles. The lowest BCUT2D eigenvalue weighted by Gasteiger charge is -2.13. The molecule has 3 nitrogen and oxygen atoms in total. The number of aromatic nitrogens is 2. The van der Waals surface area contributed by atoms with Gasteiger partial charge in [-0.25, -0.2) is 0 Å². The van der Waals surface area contributed by atoms with E-state index in [9.17, 15) is 0 Å². The predicted octanol–water partition coefficient (Wildman–Crippen LogP) is 2.28. The zero-order valence-corrected chi connectivity index (χ0v) is 9.41. The Morgan fingerprint density at radius 2 is 2.38 bits per heavy atom. The van der Waals surface area contributed by atoms with Gasteiger partial charge in [0.15, 0.2) is 0 Å². The van der Waals surface area contributed by atoms with Crippen LogP contribution in [0.5, 0.6) is 0 Å². The first-order chi connectivity index (χ1) is 6.22. The van der Waals surface area contributed by atoms with Crippen LogP contribution in [0.15, 0.2) is 10.7 Å². The summed E-state index contributed by atoms with van der Waals surface area (Å²) in [6.07, 6.45) is 2.78. The maximum Gasteiger partial charge on any atom is 0.128 e. The molecule has 0 N–H and O–H groups in total. The number of ether oxygens (including phenoxy) is 1. The monoisotopic (exact) mass is 244 g/mol. The Hall–Kier alpha value is -0.350. The van der Waals surface area contributed by atoms with Crippen LogP contribution >= 0.6 is 15.9 Å². The molecule has 1 fully saturated rings. The Kier molecular flexibility index (Phi) is 2.43. The molecule has 1 heterocycles. The van der Waals surface area contributed by atoms with Crippen molar-refractivity contribution in [1.82, 2.24) is 9.78 Å². The SMILES string of the molecule is CO[C@@H](c1cc(Br)nn1C)C1CC1. The number of methoxy groups -OCH3 is 1. The minimum atomic E-state index is 0.226. The van der Waals surface area contributed by atoms with Gasteiger partial charge in [-0.2, -0.15) is 5.10 Å². The summed E-state index contributed by atoms with van der Waals surface area (Å²) in [6, 6.07) is 2.03. The lowest BCUT2D eigenvalue weighted by molar-refractivity contribution is 0.0778. The van der Waals surface area contributed by atoms with Crippen molar-refractivity contribution in [3.63, 3.8) is 0 Å². The highest BCUT2D eigenvalue weighted by molar-refractivity contribution is 9.10. The van der Waals surface area contributed by atoms with Crippen molar-refractivity contribution in [2.75, 3.05) is 7.11 Å². The number of halogens is 1. The highest BCUT2D eigenvalue weighted by Crippen LogP contribution is 2.43. The third kappa shape index (κ3) is 1.79. The van der Waals surface area contributed by atoms with Gasteiger partial charge in [-0.05, 0) is 40.8 Å². The summed E-state index contributed by atoms with van der Waals surface area (Å²) in [5.74, 6) is 0.701. The molecule has 72 valence electrons. The van der Waals surface area contributed by atoms with Gasteiger partial charge in [-0.1, -0.05) is 0 Å². The molecule has 1 aromatic rings. The zero-order chi connectivity index (χ0) is 9.42. The fourth-order valence-corrected chi connectivity index (χ4v) is 2.14. The van der Waals surface area contributed by atoms with Crippen molar-refractivity contribution in [2.24, 2.45) is 13.0 Å². The van der Waals surface area contributed by atoms with Crippen LogP contribution in [0, 0.1) is 5.92 Å². The fourth-order valence-electron chi connectivity index (χ4n) is 1.67. The van der Waals surface area contributed by atoms with Crippen molar-refractivity contribution in [3.8, 4) is 0 Å². The first-order valence-corrected chi connectivity index (χ1v) is 5.24. The Morgan fingerprint density at radius 3 is 2.77 bits per heavy atom. The van der Waals surface area contributed by atoms with Gasteiger partial charge >= 0.3 is 0 Å². The number of aryl methyl sites for hydroxylation is 1. The molecule has 0 saturated heterocycles. The topological polar surface area (TPSA) is 27.1 Å². The van der Waals surface area contributed by atoms with Gasteiger partial charge in [0.05, 0.1) is 5.69 Å². The van der Waals surface area contributed by atoms with Crippen molar-refractivity contribution >= 4 is 15.9 Å². The second-order valence-electron chi connectivity index (χ2n) is 3.51. The first kappa shape index (κ1) is 9.21.